The molecule has 0 aromatic heterocycles. The maximum absolute atomic E-state index is 3.66. The zero-order chi connectivity index (χ0) is 10.2. The van der Waals surface area contributed by atoms with Crippen LogP contribution in [0.25, 0.3) is 0 Å². The number of rotatable bonds is 6. The summed E-state index contributed by atoms with van der Waals surface area (Å²) in [6.45, 7) is 2.44. The average Bonchev–Trinajstić information content (AvgIpc) is 2.18. The van der Waals surface area contributed by atoms with E-state index in [2.05, 4.69) is 36.1 Å². The molecule has 1 aliphatic heterocycles. The molecule has 0 radical (unpaired) electrons. The number of hydrogen-bond acceptors (Lipinski definition) is 3. The van der Waals surface area contributed by atoms with Crippen molar-refractivity contribution in [2.45, 2.75) is 31.7 Å². The Morgan fingerprint density at radius 3 is 2.57 bits per heavy atom. The first-order valence-electron chi connectivity index (χ1n) is 5.75. The van der Waals surface area contributed by atoms with Crippen LogP contribution in [0.5, 0.6) is 0 Å². The van der Waals surface area contributed by atoms with Crippen molar-refractivity contribution in [3.05, 3.63) is 0 Å². The Bertz CT molecular complexity index is 133. The standard InChI is InChI=1S/C11H24N2S/c1-13(2)8-4-3-7-12-11-5-9-14-10-6-11/h11-12H,3-10H2,1-2H3. The molecule has 1 fully saturated rings. The van der Waals surface area contributed by atoms with Crippen molar-refractivity contribution in [3.8, 4) is 0 Å². The van der Waals surface area contributed by atoms with Gasteiger partial charge in [-0.05, 0) is 64.4 Å². The second kappa shape index (κ2) is 7.55. The molecule has 0 aromatic rings. The van der Waals surface area contributed by atoms with Crippen LogP contribution in [0.1, 0.15) is 25.7 Å². The van der Waals surface area contributed by atoms with Crippen LogP contribution in [-0.2, 0) is 0 Å². The van der Waals surface area contributed by atoms with E-state index < -0.39 is 0 Å². The van der Waals surface area contributed by atoms with Gasteiger partial charge < -0.3 is 10.2 Å². The lowest BCUT2D eigenvalue weighted by Gasteiger charge is -2.22. The summed E-state index contributed by atoms with van der Waals surface area (Å²) in [5.74, 6) is 2.71. The highest BCUT2D eigenvalue weighted by Gasteiger charge is 2.11. The van der Waals surface area contributed by atoms with Crippen molar-refractivity contribution in [2.24, 2.45) is 0 Å². The second-order valence-electron chi connectivity index (χ2n) is 4.35. The smallest absolute Gasteiger partial charge is 0.00827 e. The summed E-state index contributed by atoms with van der Waals surface area (Å²) in [5.41, 5.74) is 0. The Morgan fingerprint density at radius 2 is 1.93 bits per heavy atom. The number of thioether (sulfide) groups is 1. The van der Waals surface area contributed by atoms with Crippen LogP contribution in [0.2, 0.25) is 0 Å². The van der Waals surface area contributed by atoms with E-state index in [1.54, 1.807) is 0 Å². The summed E-state index contributed by atoms with van der Waals surface area (Å²) >= 11 is 2.10. The topological polar surface area (TPSA) is 15.3 Å². The third-order valence-electron chi connectivity index (χ3n) is 2.69. The van der Waals surface area contributed by atoms with E-state index in [-0.39, 0.29) is 0 Å². The quantitative estimate of drug-likeness (QED) is 0.682. The number of hydrogen-bond donors (Lipinski definition) is 1. The molecular weight excluding hydrogens is 192 g/mol. The molecule has 1 heterocycles. The number of nitrogens with zero attached hydrogens (tertiary/aromatic N) is 1. The molecule has 0 unspecified atom stereocenters. The Balaban J connectivity index is 1.87. The van der Waals surface area contributed by atoms with E-state index in [9.17, 15) is 0 Å². The lowest BCUT2D eigenvalue weighted by atomic mass is 10.1. The maximum atomic E-state index is 3.66. The summed E-state index contributed by atoms with van der Waals surface area (Å²) in [6, 6.07) is 0.815. The summed E-state index contributed by atoms with van der Waals surface area (Å²) in [5, 5.41) is 3.66. The van der Waals surface area contributed by atoms with Crippen molar-refractivity contribution in [1.82, 2.24) is 10.2 Å². The molecule has 1 N–H and O–H groups in total. The van der Waals surface area contributed by atoms with Crippen LogP contribution < -0.4 is 5.32 Å². The molecule has 84 valence electrons. The highest BCUT2D eigenvalue weighted by molar-refractivity contribution is 7.99. The molecule has 2 nitrogen and oxygen atoms in total. The fourth-order valence-corrected chi connectivity index (χ4v) is 2.87. The van der Waals surface area contributed by atoms with Crippen LogP contribution in [0.15, 0.2) is 0 Å². The summed E-state index contributed by atoms with van der Waals surface area (Å²) in [4.78, 5) is 2.26. The van der Waals surface area contributed by atoms with Gasteiger partial charge >= 0.3 is 0 Å². The fourth-order valence-electron chi connectivity index (χ4n) is 1.76. The molecule has 0 bridgehead atoms. The van der Waals surface area contributed by atoms with Crippen molar-refractivity contribution in [3.63, 3.8) is 0 Å². The molecule has 1 aliphatic rings. The fraction of sp³-hybridized carbons (Fsp3) is 1.00. The molecular formula is C11H24N2S. The highest BCUT2D eigenvalue weighted by atomic mass is 32.2. The summed E-state index contributed by atoms with van der Waals surface area (Å²) in [7, 11) is 4.29. The normalized spacial score (nSPS) is 19.1. The number of unbranched alkanes of at least 4 members (excludes halogenated alkanes) is 1. The molecule has 0 saturated carbocycles. The first-order chi connectivity index (χ1) is 6.79. The first-order valence-corrected chi connectivity index (χ1v) is 6.90. The Kier molecular flexibility index (Phi) is 6.65. The van der Waals surface area contributed by atoms with Gasteiger partial charge in [0.2, 0.25) is 0 Å². The van der Waals surface area contributed by atoms with Gasteiger partial charge in [-0.2, -0.15) is 11.8 Å². The lowest BCUT2D eigenvalue weighted by Crippen LogP contribution is -2.33. The van der Waals surface area contributed by atoms with E-state index in [1.807, 2.05) is 0 Å². The van der Waals surface area contributed by atoms with Crippen LogP contribution in [0.3, 0.4) is 0 Å². The summed E-state index contributed by atoms with van der Waals surface area (Å²) in [6.07, 6.45) is 5.39. The van der Waals surface area contributed by atoms with Crippen LogP contribution >= 0.6 is 11.8 Å². The lowest BCUT2D eigenvalue weighted by molar-refractivity contribution is 0.385. The van der Waals surface area contributed by atoms with Gasteiger partial charge in [0.15, 0.2) is 0 Å². The van der Waals surface area contributed by atoms with Gasteiger partial charge in [-0.1, -0.05) is 0 Å². The molecule has 14 heavy (non-hydrogen) atoms. The van der Waals surface area contributed by atoms with Gasteiger partial charge in [0, 0.05) is 6.04 Å². The third kappa shape index (κ3) is 5.89. The second-order valence-corrected chi connectivity index (χ2v) is 5.58. The van der Waals surface area contributed by atoms with Gasteiger partial charge in [-0.15, -0.1) is 0 Å². The van der Waals surface area contributed by atoms with Crippen molar-refractivity contribution < 1.29 is 0 Å². The minimum absolute atomic E-state index is 0.815. The molecule has 0 aromatic carbocycles. The van der Waals surface area contributed by atoms with E-state index in [1.165, 1.54) is 50.3 Å². The molecule has 3 heteroatoms. The predicted octanol–water partition coefficient (Wildman–Crippen LogP) is 1.81. The van der Waals surface area contributed by atoms with Crippen LogP contribution in [0, 0.1) is 0 Å². The zero-order valence-electron chi connectivity index (χ0n) is 9.59. The maximum Gasteiger partial charge on any atom is 0.00827 e. The molecule has 1 rings (SSSR count). The van der Waals surface area contributed by atoms with Gasteiger partial charge in [0.25, 0.3) is 0 Å². The average molecular weight is 216 g/mol. The minimum atomic E-state index is 0.815. The number of nitrogens with one attached hydrogen (secondary N) is 1. The van der Waals surface area contributed by atoms with Gasteiger partial charge in [0.05, 0.1) is 0 Å². The molecule has 0 aliphatic carbocycles. The highest BCUT2D eigenvalue weighted by Crippen LogP contribution is 2.16. The van der Waals surface area contributed by atoms with Crippen molar-refractivity contribution in [2.75, 3.05) is 38.7 Å². The molecule has 0 spiro atoms. The van der Waals surface area contributed by atoms with Crippen molar-refractivity contribution >= 4 is 11.8 Å². The van der Waals surface area contributed by atoms with Crippen LogP contribution in [-0.4, -0.2) is 49.6 Å². The van der Waals surface area contributed by atoms with Gasteiger partial charge in [0.1, 0.15) is 0 Å². The van der Waals surface area contributed by atoms with E-state index in [0.717, 1.165) is 6.04 Å². The van der Waals surface area contributed by atoms with E-state index >= 15 is 0 Å². The summed E-state index contributed by atoms with van der Waals surface area (Å²) < 4.78 is 0. The van der Waals surface area contributed by atoms with E-state index in [0.29, 0.717) is 0 Å². The van der Waals surface area contributed by atoms with Gasteiger partial charge in [-0.25, -0.2) is 0 Å². The van der Waals surface area contributed by atoms with E-state index in [4.69, 9.17) is 0 Å². The predicted molar refractivity (Wildman–Crippen MR) is 66.1 cm³/mol. The Hall–Kier alpha value is 0.270. The molecule has 0 atom stereocenters. The zero-order valence-corrected chi connectivity index (χ0v) is 10.4. The SMILES string of the molecule is CN(C)CCCCNC1CCSCC1. The Morgan fingerprint density at radius 1 is 1.21 bits per heavy atom. The largest absolute Gasteiger partial charge is 0.314 e. The Labute approximate surface area is 92.8 Å². The third-order valence-corrected chi connectivity index (χ3v) is 3.74. The molecule has 1 saturated heterocycles. The first kappa shape index (κ1) is 12.3. The molecule has 0 amide bonds. The van der Waals surface area contributed by atoms with Crippen molar-refractivity contribution in [1.29, 1.82) is 0 Å². The minimum Gasteiger partial charge on any atom is -0.314 e. The van der Waals surface area contributed by atoms with Gasteiger partial charge in [-0.3, -0.25) is 0 Å². The van der Waals surface area contributed by atoms with Crippen LogP contribution in [0.4, 0.5) is 0 Å². The monoisotopic (exact) mass is 216 g/mol.